The van der Waals surface area contributed by atoms with Crippen LogP contribution in [-0.4, -0.2) is 19.1 Å². The van der Waals surface area contributed by atoms with Gasteiger partial charge in [-0.3, -0.25) is 15.1 Å². The molecule has 0 aliphatic carbocycles. The molecule has 0 spiro atoms. The molecule has 29 heavy (non-hydrogen) atoms. The van der Waals surface area contributed by atoms with Crippen LogP contribution in [-0.2, 0) is 10.0 Å². The highest BCUT2D eigenvalue weighted by molar-refractivity contribution is 7.89. The molecule has 1 aromatic heterocycles. The van der Waals surface area contributed by atoms with E-state index in [4.69, 9.17) is 10.2 Å². The molecular formula is C19H16N4O4S2. The van der Waals surface area contributed by atoms with E-state index < -0.39 is 14.9 Å². The van der Waals surface area contributed by atoms with Crippen LogP contribution in [0.4, 0.5) is 11.4 Å². The molecule has 3 aromatic rings. The maximum Gasteiger partial charge on any atom is 0.269 e. The van der Waals surface area contributed by atoms with Gasteiger partial charge < -0.3 is 0 Å². The van der Waals surface area contributed by atoms with Gasteiger partial charge in [-0.25, -0.2) is 13.6 Å². The van der Waals surface area contributed by atoms with Crippen molar-refractivity contribution in [1.29, 1.82) is 0 Å². The summed E-state index contributed by atoms with van der Waals surface area (Å²) in [5.74, 6) is 0. The molecule has 4 rings (SSSR count). The van der Waals surface area contributed by atoms with Crippen molar-refractivity contribution in [2.75, 3.05) is 5.01 Å². The van der Waals surface area contributed by atoms with Crippen molar-refractivity contribution in [3.8, 4) is 0 Å². The molecule has 2 heterocycles. The number of nitrogens with zero attached hydrogens (tertiary/aromatic N) is 3. The highest BCUT2D eigenvalue weighted by Gasteiger charge is 2.31. The molecule has 10 heteroatoms. The summed E-state index contributed by atoms with van der Waals surface area (Å²) in [7, 11) is -3.77. The van der Waals surface area contributed by atoms with Crippen LogP contribution in [0.3, 0.4) is 0 Å². The van der Waals surface area contributed by atoms with Crippen LogP contribution in [0.1, 0.15) is 22.9 Å². The topological polar surface area (TPSA) is 119 Å². The van der Waals surface area contributed by atoms with Crippen molar-refractivity contribution in [2.24, 2.45) is 10.2 Å². The normalized spacial score (nSPS) is 16.7. The summed E-state index contributed by atoms with van der Waals surface area (Å²) in [6.07, 6.45) is 0.620. The zero-order valence-corrected chi connectivity index (χ0v) is 16.6. The van der Waals surface area contributed by atoms with Crippen molar-refractivity contribution in [3.05, 3.63) is 86.6 Å². The lowest BCUT2D eigenvalue weighted by Gasteiger charge is -2.22. The van der Waals surface area contributed by atoms with Crippen molar-refractivity contribution < 1.29 is 13.3 Å². The van der Waals surface area contributed by atoms with Crippen molar-refractivity contribution in [1.82, 2.24) is 0 Å². The Morgan fingerprint density at radius 1 is 1.10 bits per heavy atom. The van der Waals surface area contributed by atoms with Gasteiger partial charge in [-0.1, -0.05) is 6.07 Å². The van der Waals surface area contributed by atoms with Crippen molar-refractivity contribution >= 4 is 38.4 Å². The Hall–Kier alpha value is -3.08. The van der Waals surface area contributed by atoms with E-state index in [2.05, 4.69) is 0 Å². The van der Waals surface area contributed by atoms with Crippen molar-refractivity contribution in [2.45, 2.75) is 17.4 Å². The number of thiophene rings is 1. The molecule has 1 aliphatic heterocycles. The zero-order valence-electron chi connectivity index (χ0n) is 15.0. The Bertz CT molecular complexity index is 1170. The fraction of sp³-hybridized carbons (Fsp3) is 0.105. The maximum atomic E-state index is 11.5. The number of nitro benzene ring substituents is 1. The van der Waals surface area contributed by atoms with Crippen LogP contribution in [0.5, 0.6) is 0 Å². The van der Waals surface area contributed by atoms with Gasteiger partial charge in [0.1, 0.15) is 0 Å². The van der Waals surface area contributed by atoms with Crippen LogP contribution in [0.25, 0.3) is 0 Å². The third kappa shape index (κ3) is 3.90. The van der Waals surface area contributed by atoms with Gasteiger partial charge >= 0.3 is 0 Å². The second kappa shape index (κ2) is 7.39. The number of anilines is 1. The van der Waals surface area contributed by atoms with E-state index >= 15 is 0 Å². The minimum absolute atomic E-state index is 0.0255. The van der Waals surface area contributed by atoms with Gasteiger partial charge in [-0.15, -0.1) is 11.3 Å². The Labute approximate surface area is 171 Å². The van der Waals surface area contributed by atoms with Crippen LogP contribution in [0, 0.1) is 10.1 Å². The van der Waals surface area contributed by atoms with Gasteiger partial charge in [0.05, 0.1) is 27.3 Å². The Morgan fingerprint density at radius 2 is 1.79 bits per heavy atom. The van der Waals surface area contributed by atoms with E-state index in [1.54, 1.807) is 35.6 Å². The molecule has 0 radical (unpaired) electrons. The molecule has 0 saturated heterocycles. The fourth-order valence-electron chi connectivity index (χ4n) is 3.19. The molecule has 2 aromatic carbocycles. The number of nitrogens with two attached hydrogens (primary N) is 1. The van der Waals surface area contributed by atoms with Crippen LogP contribution in [0.15, 0.2) is 76.0 Å². The number of hydrogen-bond donors (Lipinski definition) is 1. The first-order valence-corrected chi connectivity index (χ1v) is 11.0. The number of nitro groups is 1. The Balaban J connectivity index is 1.71. The molecule has 2 N–H and O–H groups in total. The van der Waals surface area contributed by atoms with Gasteiger partial charge in [0.25, 0.3) is 5.69 Å². The van der Waals surface area contributed by atoms with Gasteiger partial charge in [0.15, 0.2) is 0 Å². The third-order valence-electron chi connectivity index (χ3n) is 4.62. The first kappa shape index (κ1) is 19.2. The summed E-state index contributed by atoms with van der Waals surface area (Å²) in [5, 5.41) is 24.6. The molecule has 0 amide bonds. The fourth-order valence-corrected chi connectivity index (χ4v) is 4.52. The molecule has 0 saturated carbocycles. The quantitative estimate of drug-likeness (QED) is 0.491. The van der Waals surface area contributed by atoms with Gasteiger partial charge in [-0.05, 0) is 53.4 Å². The van der Waals surface area contributed by atoms with E-state index in [0.29, 0.717) is 6.42 Å². The summed E-state index contributed by atoms with van der Waals surface area (Å²) >= 11 is 1.61. The second-order valence-electron chi connectivity index (χ2n) is 6.47. The second-order valence-corrected chi connectivity index (χ2v) is 9.01. The summed E-state index contributed by atoms with van der Waals surface area (Å²) < 4.78 is 23.0. The predicted octanol–water partition coefficient (Wildman–Crippen LogP) is 3.66. The lowest BCUT2D eigenvalue weighted by atomic mass is 10.0. The maximum absolute atomic E-state index is 11.5. The number of sulfonamides is 1. The van der Waals surface area contributed by atoms with Gasteiger partial charge in [0, 0.05) is 23.4 Å². The van der Waals surface area contributed by atoms with E-state index in [9.17, 15) is 18.5 Å². The lowest BCUT2D eigenvalue weighted by molar-refractivity contribution is -0.384. The van der Waals surface area contributed by atoms with E-state index in [1.165, 1.54) is 24.3 Å². The Morgan fingerprint density at radius 3 is 2.34 bits per heavy atom. The number of hydrazone groups is 1. The average molecular weight is 428 g/mol. The SMILES string of the molecule is NS(=O)(=O)c1ccc(N2N=C(c3ccc([N+](=O)[O-])cc3)CC2c2cccs2)cc1. The molecule has 1 atom stereocenters. The van der Waals surface area contributed by atoms with Crippen LogP contribution >= 0.6 is 11.3 Å². The number of non-ortho nitro benzene ring substituents is 1. The first-order chi connectivity index (χ1) is 13.8. The molecule has 1 unspecified atom stereocenters. The monoisotopic (exact) mass is 428 g/mol. The number of primary sulfonamides is 1. The average Bonchev–Trinajstić information content (AvgIpc) is 3.37. The Kier molecular flexibility index (Phi) is 4.91. The number of benzene rings is 2. The standard InChI is InChI=1S/C19H16N4O4S2/c20-29(26,27)16-9-7-14(8-10-16)22-18(19-2-1-11-28-19)12-17(21-22)13-3-5-15(6-4-13)23(24)25/h1-11,18H,12H2,(H2,20,26,27). The predicted molar refractivity (Wildman–Crippen MR) is 112 cm³/mol. The molecule has 148 valence electrons. The van der Waals surface area contributed by atoms with Gasteiger partial charge in [0.2, 0.25) is 10.0 Å². The van der Waals surface area contributed by atoms with E-state index in [0.717, 1.165) is 21.8 Å². The van der Waals surface area contributed by atoms with Gasteiger partial charge in [-0.2, -0.15) is 5.10 Å². The lowest BCUT2D eigenvalue weighted by Crippen LogP contribution is -2.18. The van der Waals surface area contributed by atoms with E-state index in [1.807, 2.05) is 22.5 Å². The van der Waals surface area contributed by atoms with Crippen LogP contribution < -0.4 is 10.1 Å². The highest BCUT2D eigenvalue weighted by atomic mass is 32.2. The van der Waals surface area contributed by atoms with Crippen LogP contribution in [0.2, 0.25) is 0 Å². The summed E-state index contributed by atoms with van der Waals surface area (Å²) in [6.45, 7) is 0. The molecule has 0 fully saturated rings. The molecule has 0 bridgehead atoms. The first-order valence-electron chi connectivity index (χ1n) is 8.61. The molecule has 8 nitrogen and oxygen atoms in total. The van der Waals surface area contributed by atoms with Crippen molar-refractivity contribution in [3.63, 3.8) is 0 Å². The summed E-state index contributed by atoms with van der Waals surface area (Å²) in [5.41, 5.74) is 2.36. The van der Waals surface area contributed by atoms with E-state index in [-0.39, 0.29) is 16.6 Å². The zero-order chi connectivity index (χ0) is 20.6. The minimum atomic E-state index is -3.77. The molecule has 1 aliphatic rings. The number of hydrogen-bond acceptors (Lipinski definition) is 7. The highest BCUT2D eigenvalue weighted by Crippen LogP contribution is 2.38. The minimum Gasteiger partial charge on any atom is -0.258 e. The summed E-state index contributed by atoms with van der Waals surface area (Å²) in [4.78, 5) is 11.6. The third-order valence-corrected chi connectivity index (χ3v) is 6.53. The number of rotatable bonds is 5. The summed E-state index contributed by atoms with van der Waals surface area (Å²) in [6, 6.07) is 16.5. The molecular weight excluding hydrogens is 412 g/mol. The smallest absolute Gasteiger partial charge is 0.258 e. The largest absolute Gasteiger partial charge is 0.269 e.